The largest absolute Gasteiger partial charge is 0.381 e. The normalized spacial score (nSPS) is 9.90. The van der Waals surface area contributed by atoms with Crippen LogP contribution in [0.25, 0.3) is 0 Å². The van der Waals surface area contributed by atoms with Crippen molar-refractivity contribution in [3.63, 3.8) is 0 Å². The van der Waals surface area contributed by atoms with Crippen molar-refractivity contribution in [2.45, 2.75) is 13.0 Å². The van der Waals surface area contributed by atoms with E-state index >= 15 is 0 Å². The van der Waals surface area contributed by atoms with Gasteiger partial charge in [-0.3, -0.25) is 10.1 Å². The summed E-state index contributed by atoms with van der Waals surface area (Å²) in [5.74, 6) is 0. The lowest BCUT2D eigenvalue weighted by Gasteiger charge is -2.09. The maximum absolute atomic E-state index is 10.9. The van der Waals surface area contributed by atoms with Crippen LogP contribution < -0.4 is 5.32 Å². The lowest BCUT2D eigenvalue weighted by atomic mass is 10.1. The zero-order chi connectivity index (χ0) is 15.2. The highest BCUT2D eigenvalue weighted by Crippen LogP contribution is 2.28. The van der Waals surface area contributed by atoms with Gasteiger partial charge in [-0.1, -0.05) is 24.3 Å². The van der Waals surface area contributed by atoms with Crippen LogP contribution in [-0.2, 0) is 13.0 Å². The molecule has 0 heterocycles. The van der Waals surface area contributed by atoms with E-state index < -0.39 is 4.92 Å². The average molecular weight is 346 g/mol. The molecule has 106 valence electrons. The predicted octanol–water partition coefficient (Wildman–Crippen LogP) is 4.04. The molecule has 0 amide bonds. The topological polar surface area (TPSA) is 79.0 Å². The fourth-order valence-electron chi connectivity index (χ4n) is 1.87. The van der Waals surface area contributed by atoms with E-state index in [4.69, 9.17) is 5.26 Å². The van der Waals surface area contributed by atoms with Gasteiger partial charge in [-0.2, -0.15) is 5.26 Å². The van der Waals surface area contributed by atoms with Gasteiger partial charge in [0.25, 0.3) is 5.69 Å². The van der Waals surface area contributed by atoms with Gasteiger partial charge in [0.15, 0.2) is 0 Å². The highest BCUT2D eigenvalue weighted by molar-refractivity contribution is 9.10. The van der Waals surface area contributed by atoms with Crippen LogP contribution in [0.1, 0.15) is 11.1 Å². The Morgan fingerprint density at radius 2 is 1.95 bits per heavy atom. The molecule has 0 spiro atoms. The van der Waals surface area contributed by atoms with Gasteiger partial charge in [0, 0.05) is 18.3 Å². The smallest absolute Gasteiger partial charge is 0.283 e. The third kappa shape index (κ3) is 3.80. The number of benzene rings is 2. The van der Waals surface area contributed by atoms with Crippen LogP contribution >= 0.6 is 15.9 Å². The second-order valence-electron chi connectivity index (χ2n) is 4.39. The number of nitrogens with zero attached hydrogens (tertiary/aromatic N) is 2. The fraction of sp³-hybridized carbons (Fsp3) is 0.133. The summed E-state index contributed by atoms with van der Waals surface area (Å²) in [6, 6.07) is 14.6. The number of anilines is 1. The molecule has 0 aromatic heterocycles. The third-order valence-corrected chi connectivity index (χ3v) is 3.89. The number of rotatable bonds is 5. The molecule has 0 radical (unpaired) electrons. The molecule has 2 aromatic carbocycles. The van der Waals surface area contributed by atoms with E-state index in [9.17, 15) is 10.1 Å². The van der Waals surface area contributed by atoms with Crippen molar-refractivity contribution in [3.05, 3.63) is 68.2 Å². The standard InChI is InChI=1S/C15H12BrN3O2/c16-15-12(2-1-3-14(15)19(20)21)10-18-13-6-4-11(5-7-13)8-9-17/h1-7,18H,8,10H2. The van der Waals surface area contributed by atoms with Gasteiger partial charge in [-0.15, -0.1) is 0 Å². The maximum Gasteiger partial charge on any atom is 0.283 e. The molecule has 21 heavy (non-hydrogen) atoms. The van der Waals surface area contributed by atoms with Crippen molar-refractivity contribution in [3.8, 4) is 6.07 Å². The Hall–Kier alpha value is -2.39. The van der Waals surface area contributed by atoms with Crippen LogP contribution in [0.2, 0.25) is 0 Å². The molecule has 0 fully saturated rings. The molecular weight excluding hydrogens is 334 g/mol. The van der Waals surface area contributed by atoms with Crippen molar-refractivity contribution in [2.75, 3.05) is 5.32 Å². The summed E-state index contributed by atoms with van der Waals surface area (Å²) in [6.45, 7) is 0.472. The molecule has 2 aromatic rings. The Morgan fingerprint density at radius 3 is 2.57 bits per heavy atom. The Labute approximate surface area is 130 Å². The molecular formula is C15H12BrN3O2. The molecule has 5 nitrogen and oxygen atoms in total. The first-order valence-corrected chi connectivity index (χ1v) is 7.02. The van der Waals surface area contributed by atoms with E-state index in [1.165, 1.54) is 6.07 Å². The number of nitriles is 1. The number of nitrogens with one attached hydrogen (secondary N) is 1. The summed E-state index contributed by atoms with van der Waals surface area (Å²) >= 11 is 3.27. The Balaban J connectivity index is 2.08. The molecule has 0 saturated carbocycles. The van der Waals surface area contributed by atoms with Gasteiger partial charge in [0.1, 0.15) is 4.47 Å². The third-order valence-electron chi connectivity index (χ3n) is 2.98. The molecule has 6 heteroatoms. The lowest BCUT2D eigenvalue weighted by molar-refractivity contribution is -0.385. The molecule has 0 unspecified atom stereocenters. The van der Waals surface area contributed by atoms with Crippen LogP contribution in [0, 0.1) is 21.4 Å². The van der Waals surface area contributed by atoms with E-state index in [1.807, 2.05) is 30.3 Å². The fourth-order valence-corrected chi connectivity index (χ4v) is 2.42. The highest BCUT2D eigenvalue weighted by atomic mass is 79.9. The van der Waals surface area contributed by atoms with Gasteiger partial charge in [0.05, 0.1) is 17.4 Å². The quantitative estimate of drug-likeness (QED) is 0.655. The molecule has 0 aliphatic rings. The first-order valence-electron chi connectivity index (χ1n) is 6.23. The second-order valence-corrected chi connectivity index (χ2v) is 5.19. The summed E-state index contributed by atoms with van der Waals surface area (Å²) in [6.07, 6.45) is 0.386. The minimum Gasteiger partial charge on any atom is -0.381 e. The number of nitro groups is 1. The molecule has 1 N–H and O–H groups in total. The SMILES string of the molecule is N#CCc1ccc(NCc2cccc([N+](=O)[O-])c2Br)cc1. The summed E-state index contributed by atoms with van der Waals surface area (Å²) < 4.78 is 0.489. The van der Waals surface area contributed by atoms with Crippen molar-refractivity contribution < 1.29 is 4.92 Å². The molecule has 0 atom stereocenters. The zero-order valence-electron chi connectivity index (χ0n) is 11.0. The zero-order valence-corrected chi connectivity index (χ0v) is 12.6. The van der Waals surface area contributed by atoms with E-state index in [1.54, 1.807) is 6.07 Å². The van der Waals surface area contributed by atoms with Crippen LogP contribution in [0.5, 0.6) is 0 Å². The maximum atomic E-state index is 10.9. The number of hydrogen-bond acceptors (Lipinski definition) is 4. The number of hydrogen-bond donors (Lipinski definition) is 1. The molecule has 0 aliphatic heterocycles. The number of halogens is 1. The van der Waals surface area contributed by atoms with Crippen molar-refractivity contribution in [1.82, 2.24) is 0 Å². The Kier molecular flexibility index (Phi) is 4.90. The van der Waals surface area contributed by atoms with Gasteiger partial charge in [0.2, 0.25) is 0 Å². The molecule has 0 aliphatic carbocycles. The molecule has 2 rings (SSSR count). The first kappa shape index (κ1) is 15.0. The lowest BCUT2D eigenvalue weighted by Crippen LogP contribution is -2.01. The van der Waals surface area contributed by atoms with E-state index in [-0.39, 0.29) is 5.69 Å². The minimum atomic E-state index is -0.412. The average Bonchev–Trinajstić information content (AvgIpc) is 2.48. The summed E-state index contributed by atoms with van der Waals surface area (Å²) in [4.78, 5) is 10.5. The Morgan fingerprint density at radius 1 is 1.24 bits per heavy atom. The van der Waals surface area contributed by atoms with Gasteiger partial charge in [-0.25, -0.2) is 0 Å². The predicted molar refractivity (Wildman–Crippen MR) is 83.9 cm³/mol. The Bertz CT molecular complexity index is 693. The molecule has 0 saturated heterocycles. The van der Waals surface area contributed by atoms with E-state index in [0.29, 0.717) is 17.4 Å². The van der Waals surface area contributed by atoms with Crippen LogP contribution in [0.15, 0.2) is 46.9 Å². The van der Waals surface area contributed by atoms with Crippen molar-refractivity contribution >= 4 is 27.3 Å². The minimum absolute atomic E-state index is 0.0543. The van der Waals surface area contributed by atoms with Gasteiger partial charge >= 0.3 is 0 Å². The van der Waals surface area contributed by atoms with Gasteiger partial charge in [-0.05, 0) is 39.2 Å². The van der Waals surface area contributed by atoms with Crippen LogP contribution in [0.4, 0.5) is 11.4 Å². The van der Waals surface area contributed by atoms with Crippen molar-refractivity contribution in [2.24, 2.45) is 0 Å². The van der Waals surface area contributed by atoms with Crippen molar-refractivity contribution in [1.29, 1.82) is 5.26 Å². The number of nitro benzene ring substituents is 1. The highest BCUT2D eigenvalue weighted by Gasteiger charge is 2.14. The van der Waals surface area contributed by atoms with E-state index in [2.05, 4.69) is 27.3 Å². The monoisotopic (exact) mass is 345 g/mol. The summed E-state index contributed by atoms with van der Waals surface area (Å²) in [7, 11) is 0. The summed E-state index contributed by atoms with van der Waals surface area (Å²) in [5.41, 5.74) is 2.72. The summed E-state index contributed by atoms with van der Waals surface area (Å²) in [5, 5.41) is 22.7. The first-order chi connectivity index (χ1) is 10.1. The van der Waals surface area contributed by atoms with Crippen LogP contribution in [-0.4, -0.2) is 4.92 Å². The second kappa shape index (κ2) is 6.86. The van der Waals surface area contributed by atoms with Crippen LogP contribution in [0.3, 0.4) is 0 Å². The van der Waals surface area contributed by atoms with E-state index in [0.717, 1.165) is 16.8 Å². The van der Waals surface area contributed by atoms with Gasteiger partial charge < -0.3 is 5.32 Å². The molecule has 0 bridgehead atoms.